The first-order valence-electron chi connectivity index (χ1n) is 19.8. The lowest BCUT2D eigenvalue weighted by atomic mass is 9.81. The van der Waals surface area contributed by atoms with Crippen LogP contribution < -0.4 is 10.2 Å². The average Bonchev–Trinajstić information content (AvgIpc) is 3.50. The van der Waals surface area contributed by atoms with Crippen molar-refractivity contribution in [2.24, 2.45) is 0 Å². The highest BCUT2D eigenvalue weighted by atomic mass is 15.1. The van der Waals surface area contributed by atoms with Crippen molar-refractivity contribution in [3.63, 3.8) is 0 Å². The molecular weight excluding hydrogens is 689 g/mol. The molecule has 57 heavy (non-hydrogen) atoms. The largest absolute Gasteiger partial charge is 0.355 e. The molecule has 9 aromatic rings. The summed E-state index contributed by atoms with van der Waals surface area (Å²) in [6.45, 7) is 4.68. The van der Waals surface area contributed by atoms with E-state index >= 15 is 0 Å². The Morgan fingerprint density at radius 1 is 0.368 bits per heavy atom. The van der Waals surface area contributed by atoms with Crippen molar-refractivity contribution in [2.75, 3.05) is 10.2 Å². The van der Waals surface area contributed by atoms with Gasteiger partial charge in [0.1, 0.15) is 0 Å². The van der Waals surface area contributed by atoms with E-state index in [9.17, 15) is 0 Å². The van der Waals surface area contributed by atoms with Crippen molar-refractivity contribution in [3.05, 3.63) is 223 Å². The molecule has 9 aromatic carbocycles. The van der Waals surface area contributed by atoms with Gasteiger partial charge in [-0.3, -0.25) is 0 Å². The molecule has 0 bridgehead atoms. The van der Waals surface area contributed by atoms with Gasteiger partial charge in [0.25, 0.3) is 0 Å². The average molecular weight is 731 g/mol. The predicted octanol–water partition coefficient (Wildman–Crippen LogP) is 15.4. The Hall–Kier alpha value is -7.16. The molecule has 0 amide bonds. The SMILES string of the molecule is CC1(C)c2ccccc2-c2c1ccc(Nc1ccc(-c3ccc(N(c4ccccc4)c4ccc(-c5ccc6ccccc6c5)cc4)cc3)cc1)c2-c1ccccc1. The maximum absolute atomic E-state index is 3.81. The number of fused-ring (bicyclic) bond motifs is 4. The highest BCUT2D eigenvalue weighted by Crippen LogP contribution is 2.54. The Morgan fingerprint density at radius 3 is 1.58 bits per heavy atom. The van der Waals surface area contributed by atoms with Gasteiger partial charge >= 0.3 is 0 Å². The summed E-state index contributed by atoms with van der Waals surface area (Å²) in [7, 11) is 0. The fourth-order valence-corrected chi connectivity index (χ4v) is 8.70. The van der Waals surface area contributed by atoms with E-state index in [-0.39, 0.29) is 5.41 Å². The summed E-state index contributed by atoms with van der Waals surface area (Å²) in [5.74, 6) is 0. The van der Waals surface area contributed by atoms with Gasteiger partial charge in [-0.15, -0.1) is 0 Å². The molecule has 0 aliphatic heterocycles. The van der Waals surface area contributed by atoms with Crippen molar-refractivity contribution >= 4 is 39.2 Å². The van der Waals surface area contributed by atoms with Crippen molar-refractivity contribution < 1.29 is 0 Å². The third-order valence-electron chi connectivity index (χ3n) is 11.7. The summed E-state index contributed by atoms with van der Waals surface area (Å²) in [4.78, 5) is 2.32. The molecule has 0 unspecified atom stereocenters. The highest BCUT2D eigenvalue weighted by Gasteiger charge is 2.37. The van der Waals surface area contributed by atoms with Crippen LogP contribution in [0.2, 0.25) is 0 Å². The fraction of sp³-hybridized carbons (Fsp3) is 0.0545. The Bertz CT molecular complexity index is 2860. The lowest BCUT2D eigenvalue weighted by Crippen LogP contribution is -2.15. The first-order chi connectivity index (χ1) is 28.0. The van der Waals surface area contributed by atoms with Crippen molar-refractivity contribution in [1.29, 1.82) is 0 Å². The molecule has 0 spiro atoms. The molecule has 0 saturated heterocycles. The van der Waals surface area contributed by atoms with Gasteiger partial charge in [0.05, 0.1) is 0 Å². The van der Waals surface area contributed by atoms with Crippen LogP contribution >= 0.6 is 0 Å². The van der Waals surface area contributed by atoms with E-state index in [1.165, 1.54) is 66.4 Å². The maximum atomic E-state index is 3.81. The van der Waals surface area contributed by atoms with Gasteiger partial charge in [0, 0.05) is 39.4 Å². The van der Waals surface area contributed by atoms with E-state index in [0.717, 1.165) is 28.4 Å². The summed E-state index contributed by atoms with van der Waals surface area (Å²) in [6.07, 6.45) is 0. The summed E-state index contributed by atoms with van der Waals surface area (Å²) in [5, 5.41) is 6.32. The third kappa shape index (κ3) is 6.26. The number of hydrogen-bond acceptors (Lipinski definition) is 2. The second-order valence-electron chi connectivity index (χ2n) is 15.5. The maximum Gasteiger partial charge on any atom is 0.0470 e. The van der Waals surface area contributed by atoms with E-state index in [1.807, 2.05) is 0 Å². The molecule has 1 N–H and O–H groups in total. The molecule has 2 nitrogen and oxygen atoms in total. The number of anilines is 5. The van der Waals surface area contributed by atoms with E-state index in [4.69, 9.17) is 0 Å². The van der Waals surface area contributed by atoms with Gasteiger partial charge in [0.2, 0.25) is 0 Å². The lowest BCUT2D eigenvalue weighted by molar-refractivity contribution is 0.660. The number of hydrogen-bond donors (Lipinski definition) is 1. The first-order valence-corrected chi connectivity index (χ1v) is 19.8. The van der Waals surface area contributed by atoms with Crippen LogP contribution in [0.25, 0.3) is 55.3 Å². The molecule has 0 aromatic heterocycles. The second kappa shape index (κ2) is 14.2. The van der Waals surface area contributed by atoms with Crippen LogP contribution in [0, 0.1) is 0 Å². The normalized spacial score (nSPS) is 12.5. The second-order valence-corrected chi connectivity index (χ2v) is 15.5. The number of para-hydroxylation sites is 1. The molecule has 0 fully saturated rings. The molecule has 1 aliphatic carbocycles. The van der Waals surface area contributed by atoms with Crippen LogP contribution in [-0.4, -0.2) is 0 Å². The predicted molar refractivity (Wildman–Crippen MR) is 242 cm³/mol. The minimum Gasteiger partial charge on any atom is -0.355 e. The van der Waals surface area contributed by atoms with E-state index in [0.29, 0.717) is 0 Å². The van der Waals surface area contributed by atoms with Gasteiger partial charge in [-0.25, -0.2) is 0 Å². The zero-order valence-corrected chi connectivity index (χ0v) is 32.2. The minimum absolute atomic E-state index is 0.0631. The number of benzene rings is 9. The molecule has 0 heterocycles. The van der Waals surface area contributed by atoms with Gasteiger partial charge in [-0.1, -0.05) is 166 Å². The Labute approximate surface area is 335 Å². The van der Waals surface area contributed by atoms with Crippen molar-refractivity contribution in [3.8, 4) is 44.5 Å². The highest BCUT2D eigenvalue weighted by molar-refractivity contribution is 5.99. The van der Waals surface area contributed by atoms with Crippen LogP contribution in [0.1, 0.15) is 25.0 Å². The molecule has 0 atom stereocenters. The van der Waals surface area contributed by atoms with Crippen molar-refractivity contribution in [2.45, 2.75) is 19.3 Å². The first kappa shape index (κ1) is 34.3. The Morgan fingerprint density at radius 2 is 0.895 bits per heavy atom. The topological polar surface area (TPSA) is 15.3 Å². The standard InChI is InChI=1S/C55H42N2/c1-55(2)50-20-12-11-19-49(50)54-51(55)35-36-52(53(54)42-14-5-3-6-15-42)56-45-29-23-39(24-30-45)40-25-31-47(32-26-40)57(46-17-7-4-8-18-46)48-33-27-41(28-34-48)44-22-21-38-13-9-10-16-43(38)37-44/h3-37,56H,1-2H3. The zero-order valence-electron chi connectivity index (χ0n) is 32.2. The monoisotopic (exact) mass is 730 g/mol. The molecule has 272 valence electrons. The molecule has 1 aliphatic rings. The molecule has 2 heteroatoms. The van der Waals surface area contributed by atoms with Crippen molar-refractivity contribution in [1.82, 2.24) is 0 Å². The summed E-state index contributed by atoms with van der Waals surface area (Å²) < 4.78 is 0. The zero-order chi connectivity index (χ0) is 38.3. The van der Waals surface area contributed by atoms with Crippen LogP contribution in [0.4, 0.5) is 28.4 Å². The van der Waals surface area contributed by atoms with Crippen LogP contribution in [0.5, 0.6) is 0 Å². The van der Waals surface area contributed by atoms with Crippen LogP contribution in [-0.2, 0) is 5.41 Å². The minimum atomic E-state index is -0.0631. The van der Waals surface area contributed by atoms with Gasteiger partial charge in [0.15, 0.2) is 0 Å². The number of rotatable bonds is 8. The lowest BCUT2D eigenvalue weighted by Gasteiger charge is -2.26. The number of nitrogens with zero attached hydrogens (tertiary/aromatic N) is 1. The number of nitrogens with one attached hydrogen (secondary N) is 1. The summed E-state index contributed by atoms with van der Waals surface area (Å²) in [5.41, 5.74) is 18.1. The molecule has 10 rings (SSSR count). The van der Waals surface area contributed by atoms with E-state index in [2.05, 4.69) is 236 Å². The third-order valence-corrected chi connectivity index (χ3v) is 11.7. The quantitative estimate of drug-likeness (QED) is 0.167. The molecule has 0 radical (unpaired) electrons. The van der Waals surface area contributed by atoms with E-state index < -0.39 is 0 Å². The fourth-order valence-electron chi connectivity index (χ4n) is 8.70. The summed E-state index contributed by atoms with van der Waals surface area (Å²) in [6, 6.07) is 76.7. The smallest absolute Gasteiger partial charge is 0.0470 e. The summed E-state index contributed by atoms with van der Waals surface area (Å²) >= 11 is 0. The van der Waals surface area contributed by atoms with Gasteiger partial charge in [-0.05, 0) is 122 Å². The van der Waals surface area contributed by atoms with E-state index in [1.54, 1.807) is 0 Å². The van der Waals surface area contributed by atoms with Crippen LogP contribution in [0.3, 0.4) is 0 Å². The Kier molecular flexibility index (Phi) is 8.53. The van der Waals surface area contributed by atoms with Crippen LogP contribution in [0.15, 0.2) is 212 Å². The molecular formula is C55H42N2. The van der Waals surface area contributed by atoms with Gasteiger partial charge < -0.3 is 10.2 Å². The molecule has 0 saturated carbocycles. The Balaban J connectivity index is 0.934. The van der Waals surface area contributed by atoms with Gasteiger partial charge in [-0.2, -0.15) is 0 Å².